The Morgan fingerprint density at radius 1 is 1.33 bits per heavy atom. The summed E-state index contributed by atoms with van der Waals surface area (Å²) in [6.07, 6.45) is 0. The van der Waals surface area contributed by atoms with Crippen molar-refractivity contribution in [1.82, 2.24) is 10.6 Å². The number of rotatable bonds is 3. The van der Waals surface area contributed by atoms with Crippen molar-refractivity contribution in [3.8, 4) is 0 Å². The molecule has 0 saturated heterocycles. The molecule has 0 aromatic rings. The average Bonchev–Trinajstić information content (AvgIpc) is 1.63. The Bertz CT molecular complexity index is 77.0. The Morgan fingerprint density at radius 2 is 1.78 bits per heavy atom. The van der Waals surface area contributed by atoms with Crippen LogP contribution in [-0.4, -0.2) is 32.1 Å². The maximum atomic E-state index is 7.17. The van der Waals surface area contributed by atoms with E-state index in [1.807, 2.05) is 14.1 Å². The lowest BCUT2D eigenvalue weighted by Gasteiger charge is -2.25. The van der Waals surface area contributed by atoms with Crippen LogP contribution in [0.5, 0.6) is 0 Å². The second kappa shape index (κ2) is 3.18. The van der Waals surface area contributed by atoms with Gasteiger partial charge in [-0.05, 0) is 19.5 Å². The zero-order valence-electron chi connectivity index (χ0n) is 6.86. The maximum Gasteiger partial charge on any atom is 0.0163 e. The first-order chi connectivity index (χ1) is 3.98. The summed E-state index contributed by atoms with van der Waals surface area (Å²) in [5, 5.41) is 0. The average molecular weight is 129 g/mol. The van der Waals surface area contributed by atoms with Crippen LogP contribution in [0, 0.1) is 5.41 Å². The molecule has 0 heterocycles. The van der Waals surface area contributed by atoms with Crippen molar-refractivity contribution in [2.75, 3.05) is 27.2 Å². The van der Waals surface area contributed by atoms with Crippen molar-refractivity contribution in [1.29, 1.82) is 0 Å². The highest BCUT2D eigenvalue weighted by Crippen LogP contribution is 2.12. The molecule has 0 unspecified atom stereocenters. The van der Waals surface area contributed by atoms with Gasteiger partial charge in [0.1, 0.15) is 0 Å². The van der Waals surface area contributed by atoms with Crippen LogP contribution in [0.25, 0.3) is 0 Å². The van der Waals surface area contributed by atoms with E-state index in [2.05, 4.69) is 18.7 Å². The van der Waals surface area contributed by atoms with Crippen LogP contribution < -0.4 is 5.73 Å². The van der Waals surface area contributed by atoms with Crippen LogP contribution in [0.3, 0.4) is 0 Å². The van der Waals surface area contributed by atoms with Crippen LogP contribution in [0.15, 0.2) is 0 Å². The van der Waals surface area contributed by atoms with Crippen LogP contribution in [0.2, 0.25) is 0 Å². The van der Waals surface area contributed by atoms with E-state index in [-0.39, 0.29) is 5.41 Å². The molecule has 0 aliphatic rings. The van der Waals surface area contributed by atoms with Gasteiger partial charge in [-0.25, -0.2) is 0 Å². The zero-order chi connectivity index (χ0) is 7.49. The predicted molar refractivity (Wildman–Crippen MR) is 40.3 cm³/mol. The summed E-state index contributed by atoms with van der Waals surface area (Å²) in [4.78, 5) is 2.12. The molecule has 1 radical (unpaired) electrons. The van der Waals surface area contributed by atoms with E-state index in [0.717, 1.165) is 6.54 Å². The number of hydrogen-bond acceptors (Lipinski definition) is 1. The van der Waals surface area contributed by atoms with E-state index in [1.165, 1.54) is 0 Å². The molecule has 9 heavy (non-hydrogen) atoms. The Kier molecular flexibility index (Phi) is 3.15. The summed E-state index contributed by atoms with van der Waals surface area (Å²) < 4.78 is 0. The van der Waals surface area contributed by atoms with E-state index in [4.69, 9.17) is 5.73 Å². The first kappa shape index (κ1) is 8.92. The summed E-state index contributed by atoms with van der Waals surface area (Å²) >= 11 is 0. The van der Waals surface area contributed by atoms with Gasteiger partial charge in [0.25, 0.3) is 0 Å². The van der Waals surface area contributed by atoms with Crippen molar-refractivity contribution in [2.45, 2.75) is 13.8 Å². The van der Waals surface area contributed by atoms with Crippen LogP contribution in [0.4, 0.5) is 0 Å². The van der Waals surface area contributed by atoms with Gasteiger partial charge in [0.2, 0.25) is 0 Å². The molecule has 1 N–H and O–H groups in total. The predicted octanol–water partition coefficient (Wildman–Crippen LogP) is 0.857. The highest BCUT2D eigenvalue weighted by Gasteiger charge is 2.15. The minimum atomic E-state index is 0.156. The topological polar surface area (TPSA) is 27.0 Å². The normalized spacial score (nSPS) is 12.7. The summed E-state index contributed by atoms with van der Waals surface area (Å²) in [6, 6.07) is 0. The van der Waals surface area contributed by atoms with E-state index in [9.17, 15) is 0 Å². The highest BCUT2D eigenvalue weighted by atomic mass is 15.1. The SMILES string of the molecule is CN(C)CC(C)(C)C[NH]. The van der Waals surface area contributed by atoms with E-state index >= 15 is 0 Å². The maximum absolute atomic E-state index is 7.17. The largest absolute Gasteiger partial charge is 0.309 e. The minimum absolute atomic E-state index is 0.156. The molecule has 2 nitrogen and oxygen atoms in total. The van der Waals surface area contributed by atoms with Gasteiger partial charge < -0.3 is 4.90 Å². The van der Waals surface area contributed by atoms with Crippen molar-refractivity contribution in [3.05, 3.63) is 0 Å². The van der Waals surface area contributed by atoms with Gasteiger partial charge in [-0.1, -0.05) is 13.8 Å². The van der Waals surface area contributed by atoms with Gasteiger partial charge in [0.15, 0.2) is 0 Å². The fourth-order valence-electron chi connectivity index (χ4n) is 0.912. The van der Waals surface area contributed by atoms with Gasteiger partial charge in [-0.2, -0.15) is 0 Å². The fraction of sp³-hybridized carbons (Fsp3) is 1.00. The van der Waals surface area contributed by atoms with Crippen molar-refractivity contribution in [2.24, 2.45) is 5.41 Å². The lowest BCUT2D eigenvalue weighted by atomic mass is 9.93. The molecular weight excluding hydrogens is 112 g/mol. The first-order valence-corrected chi connectivity index (χ1v) is 3.27. The number of nitrogens with zero attached hydrogens (tertiary/aromatic N) is 1. The van der Waals surface area contributed by atoms with Crippen LogP contribution in [-0.2, 0) is 0 Å². The van der Waals surface area contributed by atoms with E-state index in [0.29, 0.717) is 6.54 Å². The lowest BCUT2D eigenvalue weighted by molar-refractivity contribution is 0.246. The number of nitrogens with one attached hydrogen (secondary N) is 1. The Hall–Kier alpha value is -0.0800. The van der Waals surface area contributed by atoms with Crippen molar-refractivity contribution in [3.63, 3.8) is 0 Å². The Labute approximate surface area is 58.0 Å². The molecule has 0 atom stereocenters. The molecule has 0 rings (SSSR count). The molecule has 0 saturated carbocycles. The van der Waals surface area contributed by atoms with Gasteiger partial charge in [0.05, 0.1) is 0 Å². The first-order valence-electron chi connectivity index (χ1n) is 3.27. The smallest absolute Gasteiger partial charge is 0.0163 e. The molecule has 0 amide bonds. The van der Waals surface area contributed by atoms with Gasteiger partial charge in [-0.15, -0.1) is 0 Å². The van der Waals surface area contributed by atoms with Crippen molar-refractivity contribution < 1.29 is 0 Å². The second-order valence-corrected chi connectivity index (χ2v) is 3.58. The van der Waals surface area contributed by atoms with E-state index in [1.54, 1.807) is 0 Å². The molecule has 0 fully saturated rings. The Morgan fingerprint density at radius 3 is 1.89 bits per heavy atom. The lowest BCUT2D eigenvalue weighted by Crippen LogP contribution is -2.31. The van der Waals surface area contributed by atoms with Crippen LogP contribution in [0.1, 0.15) is 13.8 Å². The van der Waals surface area contributed by atoms with Crippen LogP contribution >= 0.6 is 0 Å². The molecule has 0 aliphatic heterocycles. The summed E-state index contributed by atoms with van der Waals surface area (Å²) in [6.45, 7) is 5.72. The Balaban J connectivity index is 3.58. The number of hydrogen-bond donors (Lipinski definition) is 0. The zero-order valence-corrected chi connectivity index (χ0v) is 6.86. The molecule has 0 bridgehead atoms. The summed E-state index contributed by atoms with van der Waals surface area (Å²) in [5.41, 5.74) is 7.33. The van der Waals surface area contributed by atoms with Crippen molar-refractivity contribution >= 4 is 0 Å². The standard InChI is InChI=1S/C7H17N2/c1-7(2,5-8)6-9(3)4/h8H,5-6H2,1-4H3. The summed E-state index contributed by atoms with van der Waals surface area (Å²) in [5.74, 6) is 0. The molecule has 0 aliphatic carbocycles. The molecule has 55 valence electrons. The fourth-order valence-corrected chi connectivity index (χ4v) is 0.912. The quantitative estimate of drug-likeness (QED) is 0.555. The molecular formula is C7H17N2. The monoisotopic (exact) mass is 129 g/mol. The second-order valence-electron chi connectivity index (χ2n) is 3.58. The third-order valence-electron chi connectivity index (χ3n) is 1.22. The van der Waals surface area contributed by atoms with Gasteiger partial charge in [-0.3, -0.25) is 5.73 Å². The molecule has 0 aromatic carbocycles. The van der Waals surface area contributed by atoms with Gasteiger partial charge in [0, 0.05) is 13.1 Å². The third kappa shape index (κ3) is 4.43. The molecule has 0 aromatic heterocycles. The van der Waals surface area contributed by atoms with E-state index < -0.39 is 0 Å². The minimum Gasteiger partial charge on any atom is -0.309 e. The third-order valence-corrected chi connectivity index (χ3v) is 1.22. The highest BCUT2D eigenvalue weighted by molar-refractivity contribution is 4.70. The van der Waals surface area contributed by atoms with Gasteiger partial charge >= 0.3 is 0 Å². The molecule has 2 heteroatoms. The summed E-state index contributed by atoms with van der Waals surface area (Å²) in [7, 11) is 4.08. The molecule has 0 spiro atoms.